The number of hydrogen-bond donors (Lipinski definition) is 16. The Labute approximate surface area is 305 Å². The van der Waals surface area contributed by atoms with Gasteiger partial charge in [0.2, 0.25) is 0 Å². The van der Waals surface area contributed by atoms with Crippen molar-refractivity contribution < 1.29 is 124 Å². The van der Waals surface area contributed by atoms with Crippen LogP contribution in [0.3, 0.4) is 0 Å². The monoisotopic (exact) mass is 798 g/mol. The van der Waals surface area contributed by atoms with E-state index in [0.29, 0.717) is 0 Å². The zero-order valence-corrected chi connectivity index (χ0v) is 28.2. The third-order valence-corrected chi connectivity index (χ3v) is 9.91. The van der Waals surface area contributed by atoms with Gasteiger partial charge in [0, 0.05) is 0 Å². The van der Waals surface area contributed by atoms with Gasteiger partial charge in [-0.15, -0.1) is 0 Å². The van der Waals surface area contributed by atoms with Crippen LogP contribution in [0.2, 0.25) is 0 Å². The molecule has 5 aliphatic heterocycles. The number of hydrogen-bond acceptors (Lipinski definition) is 25. The summed E-state index contributed by atoms with van der Waals surface area (Å²) in [6.07, 6.45) is -44.0. The molecule has 16 N–H and O–H groups in total. The van der Waals surface area contributed by atoms with Crippen molar-refractivity contribution >= 4 is 0 Å². The molecule has 54 heavy (non-hydrogen) atoms. The van der Waals surface area contributed by atoms with Gasteiger partial charge in [-0.2, -0.15) is 0 Å². The van der Waals surface area contributed by atoms with Crippen LogP contribution >= 0.6 is 0 Å². The molecule has 0 spiro atoms. The van der Waals surface area contributed by atoms with Gasteiger partial charge in [-0.25, -0.2) is 0 Å². The van der Waals surface area contributed by atoms with Crippen molar-refractivity contribution in [3.63, 3.8) is 0 Å². The Morgan fingerprint density at radius 3 is 1.54 bits per heavy atom. The van der Waals surface area contributed by atoms with Crippen LogP contribution in [0.1, 0.15) is 0 Å². The lowest BCUT2D eigenvalue weighted by molar-refractivity contribution is -0.402. The average Bonchev–Trinajstić information content (AvgIpc) is 3.16. The van der Waals surface area contributed by atoms with Gasteiger partial charge < -0.3 is 124 Å². The quantitative estimate of drug-likeness (QED) is 0.0871. The maximum Gasteiger partial charge on any atom is 0.187 e. The van der Waals surface area contributed by atoms with E-state index in [1.54, 1.807) is 0 Å². The molecule has 0 aromatic carbocycles. The third kappa shape index (κ3) is 9.00. The van der Waals surface area contributed by atoms with Crippen molar-refractivity contribution in [1.29, 1.82) is 0 Å². The maximum atomic E-state index is 11.2. The van der Waals surface area contributed by atoms with E-state index in [-0.39, 0.29) is 0 Å². The van der Waals surface area contributed by atoms with E-state index in [1.165, 1.54) is 0 Å². The van der Waals surface area contributed by atoms with E-state index in [4.69, 9.17) is 42.6 Å². The van der Waals surface area contributed by atoms with Crippen molar-refractivity contribution in [2.24, 2.45) is 0 Å². The Morgan fingerprint density at radius 1 is 0.389 bits per heavy atom. The number of rotatable bonds is 12. The summed E-state index contributed by atoms with van der Waals surface area (Å²) in [5, 5.41) is 165. The highest BCUT2D eigenvalue weighted by Crippen LogP contribution is 2.36. The van der Waals surface area contributed by atoms with E-state index < -0.39 is 180 Å². The summed E-state index contributed by atoms with van der Waals surface area (Å²) in [7, 11) is 0. The summed E-state index contributed by atoms with van der Waals surface area (Å²) < 4.78 is 50.0. The molecular formula is C29H50O25. The first-order valence-corrected chi connectivity index (χ1v) is 17.0. The number of ether oxygens (including phenoxy) is 9. The van der Waals surface area contributed by atoms with Gasteiger partial charge in [0.15, 0.2) is 31.5 Å². The largest absolute Gasteiger partial charge is 0.394 e. The van der Waals surface area contributed by atoms with E-state index in [9.17, 15) is 81.7 Å². The molecule has 0 aromatic heterocycles. The lowest BCUT2D eigenvalue weighted by Crippen LogP contribution is -2.68. The van der Waals surface area contributed by atoms with Crippen LogP contribution in [0.5, 0.6) is 0 Å². The summed E-state index contributed by atoms with van der Waals surface area (Å²) in [6, 6.07) is 0. The second kappa shape index (κ2) is 18.7. The molecule has 316 valence electrons. The summed E-state index contributed by atoms with van der Waals surface area (Å²) in [5.41, 5.74) is 0. The first-order valence-electron chi connectivity index (χ1n) is 17.0. The smallest absolute Gasteiger partial charge is 0.187 e. The predicted molar refractivity (Wildman–Crippen MR) is 161 cm³/mol. The minimum atomic E-state index is -2.04. The second-order valence-electron chi connectivity index (χ2n) is 13.5. The third-order valence-electron chi connectivity index (χ3n) is 9.91. The SMILES string of the molecule is OC[C@H]1O[C@H](O[C@H]2[C@H](O)[C@@H](CO)O[C@H](O[C@@H]3[C@H](O)[C@@H](O)[C@H](OC[C@H]4O[C@@H](O)[C@@H](O)[C@@H](O)[C@@H]4O)O[C@@H]3CO)[C@H]2O[C@@H]2OC[C@@H](O)[C@H](O)[C@H]2O)[C@@H](O)[C@@H](O)[C@@H]1O. The molecule has 5 heterocycles. The van der Waals surface area contributed by atoms with Crippen LogP contribution in [0.25, 0.3) is 0 Å². The van der Waals surface area contributed by atoms with Gasteiger partial charge in [-0.05, 0) is 0 Å². The first kappa shape index (κ1) is 44.1. The molecule has 5 fully saturated rings. The molecule has 0 amide bonds. The highest BCUT2D eigenvalue weighted by atomic mass is 16.8. The number of aliphatic hydroxyl groups excluding tert-OH is 16. The molecule has 5 rings (SSSR count). The molecule has 5 aliphatic rings. The van der Waals surface area contributed by atoms with Crippen molar-refractivity contribution in [2.75, 3.05) is 33.0 Å². The van der Waals surface area contributed by atoms with E-state index >= 15 is 0 Å². The molecule has 0 unspecified atom stereocenters. The van der Waals surface area contributed by atoms with Crippen LogP contribution in [0.15, 0.2) is 0 Å². The van der Waals surface area contributed by atoms with Crippen LogP contribution in [-0.4, -0.2) is 262 Å². The van der Waals surface area contributed by atoms with Gasteiger partial charge in [0.05, 0.1) is 33.0 Å². The summed E-state index contributed by atoms with van der Waals surface area (Å²) >= 11 is 0. The average molecular weight is 799 g/mol. The Hall–Kier alpha value is -1.00. The van der Waals surface area contributed by atoms with Gasteiger partial charge in [0.1, 0.15) is 116 Å². The van der Waals surface area contributed by atoms with Crippen LogP contribution < -0.4 is 0 Å². The second-order valence-corrected chi connectivity index (χ2v) is 13.5. The minimum absolute atomic E-state index is 0.585. The van der Waals surface area contributed by atoms with Crippen molar-refractivity contribution in [3.8, 4) is 0 Å². The lowest BCUT2D eigenvalue weighted by Gasteiger charge is -2.50. The zero-order valence-electron chi connectivity index (χ0n) is 28.2. The molecule has 25 nitrogen and oxygen atoms in total. The van der Waals surface area contributed by atoms with Crippen LogP contribution in [0, 0.1) is 0 Å². The normalized spacial score (nSPS) is 53.3. The number of aliphatic hydroxyl groups is 16. The van der Waals surface area contributed by atoms with Crippen molar-refractivity contribution in [3.05, 3.63) is 0 Å². The van der Waals surface area contributed by atoms with E-state index in [2.05, 4.69) is 0 Å². The fraction of sp³-hybridized carbons (Fsp3) is 1.00. The minimum Gasteiger partial charge on any atom is -0.394 e. The van der Waals surface area contributed by atoms with Crippen molar-refractivity contribution in [2.45, 2.75) is 147 Å². The Kier molecular flexibility index (Phi) is 15.3. The molecule has 0 saturated carbocycles. The summed E-state index contributed by atoms with van der Waals surface area (Å²) in [4.78, 5) is 0. The van der Waals surface area contributed by atoms with Crippen LogP contribution in [-0.2, 0) is 42.6 Å². The highest BCUT2D eigenvalue weighted by Gasteiger charge is 2.56. The zero-order chi connectivity index (χ0) is 39.8. The summed E-state index contributed by atoms with van der Waals surface area (Å²) in [6.45, 7) is -4.07. The topological polar surface area (TPSA) is 407 Å². The molecule has 0 aliphatic carbocycles. The van der Waals surface area contributed by atoms with E-state index in [1.807, 2.05) is 0 Å². The lowest BCUT2D eigenvalue weighted by atomic mass is 9.95. The van der Waals surface area contributed by atoms with Gasteiger partial charge in [0.25, 0.3) is 0 Å². The maximum absolute atomic E-state index is 11.2. The molecule has 25 heteroatoms. The Morgan fingerprint density at radius 2 is 0.889 bits per heavy atom. The van der Waals surface area contributed by atoms with E-state index in [0.717, 1.165) is 0 Å². The summed E-state index contributed by atoms with van der Waals surface area (Å²) in [5.74, 6) is 0. The first-order chi connectivity index (χ1) is 25.5. The fourth-order valence-electron chi connectivity index (χ4n) is 6.61. The Balaban J connectivity index is 1.38. The Bertz CT molecular complexity index is 1160. The fourth-order valence-corrected chi connectivity index (χ4v) is 6.61. The highest BCUT2D eigenvalue weighted by molar-refractivity contribution is 4.98. The van der Waals surface area contributed by atoms with Crippen LogP contribution in [0.4, 0.5) is 0 Å². The standard InChI is InChI=1S/C29H50O25/c30-1-7-12(35)16(39)20(43)28(49-7)53-23-14(37)8(2-31)50-29(24(23)54-27-19(42)11(34)6(33)4-46-27)52-22-9(3-32)51-26(21(44)17(22)40)47-5-10-13(36)15(38)18(41)25(45)48-10/h6-45H,1-5H2/t6-,7-,8-,9-,10-,11+,12-,13-,14-,15+,16+,17-,18+,19-,20+,21-,22+,23+,24+,25-,26-,27+,28-,29-/m1/s1. The van der Waals surface area contributed by atoms with Gasteiger partial charge in [-0.1, -0.05) is 0 Å². The predicted octanol–water partition coefficient (Wildman–Crippen LogP) is -11.3. The molecule has 0 radical (unpaired) electrons. The van der Waals surface area contributed by atoms with Gasteiger partial charge in [-0.3, -0.25) is 0 Å². The molecule has 24 atom stereocenters. The van der Waals surface area contributed by atoms with Crippen molar-refractivity contribution in [1.82, 2.24) is 0 Å². The molecule has 0 aromatic rings. The molecule has 5 saturated heterocycles. The van der Waals surface area contributed by atoms with Gasteiger partial charge >= 0.3 is 0 Å². The molecular weight excluding hydrogens is 748 g/mol. The molecule has 0 bridgehead atoms.